The molecule has 164 valence electrons. The quantitative estimate of drug-likeness (QED) is 0.325. The van der Waals surface area contributed by atoms with Crippen LogP contribution in [0.2, 0.25) is 5.02 Å². The number of imidazole rings is 1. The molecule has 1 heterocycles. The second-order valence-electron chi connectivity index (χ2n) is 7.55. The van der Waals surface area contributed by atoms with E-state index in [1.54, 1.807) is 24.3 Å². The van der Waals surface area contributed by atoms with Crippen LogP contribution in [-0.4, -0.2) is 28.6 Å². The Hall–Kier alpha value is -3.31. The van der Waals surface area contributed by atoms with E-state index in [9.17, 15) is 4.79 Å². The number of carbonyl (C=O) groups is 1. The summed E-state index contributed by atoms with van der Waals surface area (Å²) in [6, 6.07) is 25.0. The number of amides is 1. The second-order valence-corrected chi connectivity index (χ2v) is 7.99. The van der Waals surface area contributed by atoms with Crippen LogP contribution in [0.1, 0.15) is 29.0 Å². The second kappa shape index (κ2) is 10.8. The van der Waals surface area contributed by atoms with Gasteiger partial charge in [-0.25, -0.2) is 4.98 Å². The highest BCUT2D eigenvalue weighted by atomic mass is 35.5. The van der Waals surface area contributed by atoms with E-state index in [2.05, 4.69) is 16.0 Å². The summed E-state index contributed by atoms with van der Waals surface area (Å²) in [6.07, 6.45) is 2.48. The zero-order valence-corrected chi connectivity index (χ0v) is 18.6. The van der Waals surface area contributed by atoms with Gasteiger partial charge >= 0.3 is 0 Å². The fourth-order valence-corrected chi connectivity index (χ4v) is 3.77. The lowest BCUT2D eigenvalue weighted by atomic mass is 10.2. The Morgan fingerprint density at radius 1 is 0.938 bits per heavy atom. The van der Waals surface area contributed by atoms with Crippen molar-refractivity contribution >= 4 is 28.5 Å². The third-order valence-corrected chi connectivity index (χ3v) is 5.49. The zero-order chi connectivity index (χ0) is 22.2. The number of para-hydroxylation sites is 3. The molecule has 0 unspecified atom stereocenters. The molecule has 0 bridgehead atoms. The average molecular weight is 448 g/mol. The lowest BCUT2D eigenvalue weighted by Crippen LogP contribution is -2.25. The fraction of sp³-hybridized carbons (Fsp3) is 0.231. The smallest absolute Gasteiger partial charge is 0.251 e. The predicted octanol–water partition coefficient (Wildman–Crippen LogP) is 5.52. The van der Waals surface area contributed by atoms with E-state index in [1.807, 2.05) is 48.5 Å². The van der Waals surface area contributed by atoms with E-state index in [1.165, 1.54) is 0 Å². The van der Waals surface area contributed by atoms with E-state index in [4.69, 9.17) is 21.3 Å². The molecule has 0 aliphatic rings. The van der Waals surface area contributed by atoms with Crippen LogP contribution in [0, 0.1) is 0 Å². The number of ether oxygens (including phenoxy) is 1. The van der Waals surface area contributed by atoms with Crippen LogP contribution >= 0.6 is 11.6 Å². The van der Waals surface area contributed by atoms with Crippen molar-refractivity contribution in [3.63, 3.8) is 0 Å². The summed E-state index contributed by atoms with van der Waals surface area (Å²) in [5.74, 6) is 1.83. The van der Waals surface area contributed by atoms with Crippen molar-refractivity contribution in [2.75, 3.05) is 13.2 Å². The summed E-state index contributed by atoms with van der Waals surface area (Å²) < 4.78 is 8.11. The maximum absolute atomic E-state index is 12.3. The van der Waals surface area contributed by atoms with Gasteiger partial charge in [0.25, 0.3) is 5.91 Å². The maximum atomic E-state index is 12.3. The van der Waals surface area contributed by atoms with Crippen LogP contribution in [0.3, 0.4) is 0 Å². The summed E-state index contributed by atoms with van der Waals surface area (Å²) in [5.41, 5.74) is 2.74. The van der Waals surface area contributed by atoms with E-state index in [-0.39, 0.29) is 5.91 Å². The molecule has 0 fully saturated rings. The molecular formula is C26H26ClN3O2. The Morgan fingerprint density at radius 2 is 1.69 bits per heavy atom. The molecule has 0 atom stereocenters. The van der Waals surface area contributed by atoms with Crippen LogP contribution in [0.4, 0.5) is 0 Å². The molecule has 4 aromatic rings. The van der Waals surface area contributed by atoms with Crippen molar-refractivity contribution in [2.45, 2.75) is 25.8 Å². The maximum Gasteiger partial charge on any atom is 0.251 e. The number of fused-ring (bicyclic) bond motifs is 1. The Morgan fingerprint density at radius 3 is 2.50 bits per heavy atom. The predicted molar refractivity (Wildman–Crippen MR) is 128 cm³/mol. The van der Waals surface area contributed by atoms with E-state index in [0.29, 0.717) is 23.7 Å². The van der Waals surface area contributed by atoms with Gasteiger partial charge in [-0.2, -0.15) is 0 Å². The first kappa shape index (κ1) is 21.9. The van der Waals surface area contributed by atoms with Crippen LogP contribution < -0.4 is 10.1 Å². The van der Waals surface area contributed by atoms with Gasteiger partial charge in [0.2, 0.25) is 0 Å². The van der Waals surface area contributed by atoms with Crippen molar-refractivity contribution in [1.82, 2.24) is 14.9 Å². The Bertz CT molecular complexity index is 1160. The number of nitrogens with zero attached hydrogens (tertiary/aromatic N) is 2. The third-order valence-electron chi connectivity index (χ3n) is 5.24. The molecule has 5 nitrogen and oxygen atoms in total. The zero-order valence-electron chi connectivity index (χ0n) is 17.8. The molecule has 0 saturated heterocycles. The summed E-state index contributed by atoms with van der Waals surface area (Å²) in [4.78, 5) is 17.1. The monoisotopic (exact) mass is 447 g/mol. The Balaban J connectivity index is 1.32. The highest BCUT2D eigenvalue weighted by Gasteiger charge is 2.11. The summed E-state index contributed by atoms with van der Waals surface area (Å²) in [5, 5.41) is 3.59. The molecular weight excluding hydrogens is 422 g/mol. The van der Waals surface area contributed by atoms with Crippen molar-refractivity contribution in [1.29, 1.82) is 0 Å². The number of carbonyl (C=O) groups excluding carboxylic acids is 1. The van der Waals surface area contributed by atoms with Gasteiger partial charge in [0.05, 0.1) is 17.6 Å². The normalized spacial score (nSPS) is 10.9. The summed E-state index contributed by atoms with van der Waals surface area (Å²) >= 11 is 5.89. The number of hydrogen-bond donors (Lipinski definition) is 1. The molecule has 4 rings (SSSR count). The topological polar surface area (TPSA) is 56.2 Å². The number of benzene rings is 3. The van der Waals surface area contributed by atoms with Gasteiger partial charge in [-0.1, -0.05) is 41.9 Å². The Labute approximate surface area is 193 Å². The number of halogens is 1. The molecule has 1 aromatic heterocycles. The highest BCUT2D eigenvalue weighted by molar-refractivity contribution is 6.30. The van der Waals surface area contributed by atoms with Crippen LogP contribution in [0.25, 0.3) is 11.0 Å². The van der Waals surface area contributed by atoms with E-state index in [0.717, 1.165) is 48.4 Å². The molecule has 3 aromatic carbocycles. The molecule has 0 spiro atoms. The van der Waals surface area contributed by atoms with Gasteiger partial charge in [-0.15, -0.1) is 0 Å². The van der Waals surface area contributed by atoms with Gasteiger partial charge in [0.15, 0.2) is 0 Å². The first-order valence-corrected chi connectivity index (χ1v) is 11.2. The first-order valence-electron chi connectivity index (χ1n) is 10.9. The molecule has 0 aliphatic carbocycles. The standard InChI is InChI=1S/C26H26ClN3O2/c27-21-15-13-20(14-16-21)26(31)28-17-6-12-25-29-23-10-4-5-11-24(23)30(25)18-7-19-32-22-8-2-1-3-9-22/h1-5,8-11,13-16H,6-7,12,17-19H2,(H,28,31). The van der Waals surface area contributed by atoms with Gasteiger partial charge in [0, 0.05) is 30.1 Å². The van der Waals surface area contributed by atoms with Gasteiger partial charge in [-0.05, 0) is 61.4 Å². The summed E-state index contributed by atoms with van der Waals surface area (Å²) in [6.45, 7) is 2.06. The molecule has 6 heteroatoms. The number of aromatic nitrogens is 2. The molecule has 1 N–H and O–H groups in total. The Kier molecular flexibility index (Phi) is 7.41. The number of hydrogen-bond acceptors (Lipinski definition) is 3. The van der Waals surface area contributed by atoms with Gasteiger partial charge < -0.3 is 14.6 Å². The van der Waals surface area contributed by atoms with Gasteiger partial charge in [0.1, 0.15) is 11.6 Å². The minimum atomic E-state index is -0.0896. The van der Waals surface area contributed by atoms with E-state index < -0.39 is 0 Å². The van der Waals surface area contributed by atoms with Crippen LogP contribution in [-0.2, 0) is 13.0 Å². The third kappa shape index (κ3) is 5.68. The molecule has 0 aliphatic heterocycles. The molecule has 0 saturated carbocycles. The molecule has 1 amide bonds. The highest BCUT2D eigenvalue weighted by Crippen LogP contribution is 2.18. The lowest BCUT2D eigenvalue weighted by Gasteiger charge is -2.11. The molecule has 0 radical (unpaired) electrons. The SMILES string of the molecule is O=C(NCCCc1nc2ccccc2n1CCCOc1ccccc1)c1ccc(Cl)cc1. The van der Waals surface area contributed by atoms with Crippen molar-refractivity contribution < 1.29 is 9.53 Å². The van der Waals surface area contributed by atoms with Crippen molar-refractivity contribution in [2.24, 2.45) is 0 Å². The largest absolute Gasteiger partial charge is 0.494 e. The fourth-order valence-electron chi connectivity index (χ4n) is 3.65. The minimum Gasteiger partial charge on any atom is -0.494 e. The van der Waals surface area contributed by atoms with Crippen molar-refractivity contribution in [3.8, 4) is 5.75 Å². The summed E-state index contributed by atoms with van der Waals surface area (Å²) in [7, 11) is 0. The first-order chi connectivity index (χ1) is 15.7. The number of rotatable bonds is 10. The lowest BCUT2D eigenvalue weighted by molar-refractivity contribution is 0.0953. The average Bonchev–Trinajstić information content (AvgIpc) is 3.18. The van der Waals surface area contributed by atoms with Gasteiger partial charge in [-0.3, -0.25) is 4.79 Å². The number of aryl methyl sites for hydroxylation is 2. The van der Waals surface area contributed by atoms with Crippen LogP contribution in [0.15, 0.2) is 78.9 Å². The van der Waals surface area contributed by atoms with Crippen LogP contribution in [0.5, 0.6) is 5.75 Å². The van der Waals surface area contributed by atoms with E-state index >= 15 is 0 Å². The molecule has 32 heavy (non-hydrogen) atoms. The van der Waals surface area contributed by atoms with Crippen molar-refractivity contribution in [3.05, 3.63) is 95.3 Å². The number of nitrogens with one attached hydrogen (secondary N) is 1. The minimum absolute atomic E-state index is 0.0896.